The first-order valence-corrected chi connectivity index (χ1v) is 4.40. The van der Waals surface area contributed by atoms with Crippen LogP contribution in [0.2, 0.25) is 0 Å². The molecule has 1 aromatic rings. The average Bonchev–Trinajstić information content (AvgIpc) is 2.16. The largest absolute Gasteiger partial charge is 0.389 e. The third-order valence-electron chi connectivity index (χ3n) is 1.99. The quantitative estimate of drug-likeness (QED) is 0.758. The fourth-order valence-electron chi connectivity index (χ4n) is 1.12. The van der Waals surface area contributed by atoms with Gasteiger partial charge in [0.05, 0.1) is 0 Å². The number of carbonyl (C=O) groups excluding carboxylic acids is 1. The molecule has 2 nitrogen and oxygen atoms in total. The number of aliphatic hydroxyl groups is 1. The predicted octanol–water partition coefficient (Wildman–Crippen LogP) is 1.49. The summed E-state index contributed by atoms with van der Waals surface area (Å²) in [5.41, 5.74) is 2.37. The summed E-state index contributed by atoms with van der Waals surface area (Å²) in [5, 5.41) is 8.51. The van der Waals surface area contributed by atoms with Gasteiger partial charge in [-0.1, -0.05) is 29.8 Å². The molecule has 0 heterocycles. The summed E-state index contributed by atoms with van der Waals surface area (Å²) < 4.78 is 0. The van der Waals surface area contributed by atoms with Crippen LogP contribution in [0.1, 0.15) is 17.5 Å². The van der Waals surface area contributed by atoms with Gasteiger partial charge in [-0.3, -0.25) is 4.79 Å². The van der Waals surface area contributed by atoms with E-state index in [-0.39, 0.29) is 12.4 Å². The standard InChI is InChI=1S/C11H14O2/c1-9-2-4-10(5-3-9)6-7-11(13)8-12/h2-5,12H,6-8H2,1H3. The van der Waals surface area contributed by atoms with Crippen LogP contribution in [0.3, 0.4) is 0 Å². The first-order chi connectivity index (χ1) is 6.22. The Hall–Kier alpha value is -1.15. The Balaban J connectivity index is 2.46. The second-order valence-corrected chi connectivity index (χ2v) is 3.18. The maximum absolute atomic E-state index is 10.8. The van der Waals surface area contributed by atoms with E-state index >= 15 is 0 Å². The van der Waals surface area contributed by atoms with Gasteiger partial charge in [0, 0.05) is 6.42 Å². The normalized spacial score (nSPS) is 10.0. The molecule has 1 N–H and O–H groups in total. The molecule has 0 spiro atoms. The summed E-state index contributed by atoms with van der Waals surface area (Å²) >= 11 is 0. The molecule has 70 valence electrons. The highest BCUT2D eigenvalue weighted by Crippen LogP contribution is 2.05. The first-order valence-electron chi connectivity index (χ1n) is 4.40. The summed E-state index contributed by atoms with van der Waals surface area (Å²) in [6.45, 7) is 1.69. The van der Waals surface area contributed by atoms with Crippen LogP contribution in [-0.2, 0) is 11.2 Å². The maximum Gasteiger partial charge on any atom is 0.158 e. The number of aryl methyl sites for hydroxylation is 2. The van der Waals surface area contributed by atoms with E-state index in [1.165, 1.54) is 5.56 Å². The van der Waals surface area contributed by atoms with Crippen molar-refractivity contribution in [2.75, 3.05) is 6.61 Å². The van der Waals surface area contributed by atoms with Crippen molar-refractivity contribution in [3.05, 3.63) is 35.4 Å². The van der Waals surface area contributed by atoms with Crippen LogP contribution < -0.4 is 0 Å². The van der Waals surface area contributed by atoms with Crippen molar-refractivity contribution < 1.29 is 9.90 Å². The van der Waals surface area contributed by atoms with Gasteiger partial charge in [0.1, 0.15) is 6.61 Å². The van der Waals surface area contributed by atoms with Gasteiger partial charge in [-0.05, 0) is 18.9 Å². The van der Waals surface area contributed by atoms with Crippen LogP contribution in [0.15, 0.2) is 24.3 Å². The lowest BCUT2D eigenvalue weighted by atomic mass is 10.1. The lowest BCUT2D eigenvalue weighted by molar-refractivity contribution is -0.121. The van der Waals surface area contributed by atoms with Gasteiger partial charge in [0.15, 0.2) is 5.78 Å². The van der Waals surface area contributed by atoms with Crippen LogP contribution in [-0.4, -0.2) is 17.5 Å². The minimum absolute atomic E-state index is 0.0967. The van der Waals surface area contributed by atoms with Crippen molar-refractivity contribution in [1.82, 2.24) is 0 Å². The molecule has 0 amide bonds. The SMILES string of the molecule is Cc1ccc(CCC(=O)CO)cc1. The molecular weight excluding hydrogens is 164 g/mol. The molecule has 0 saturated carbocycles. The minimum atomic E-state index is -0.341. The molecule has 0 radical (unpaired) electrons. The lowest BCUT2D eigenvalue weighted by Gasteiger charge is -1.99. The Kier molecular flexibility index (Phi) is 3.65. The Labute approximate surface area is 78.2 Å². The van der Waals surface area contributed by atoms with E-state index in [1.807, 2.05) is 31.2 Å². The molecule has 0 aliphatic carbocycles. The van der Waals surface area contributed by atoms with Crippen LogP contribution in [0, 0.1) is 6.92 Å². The second kappa shape index (κ2) is 4.77. The van der Waals surface area contributed by atoms with Crippen molar-refractivity contribution in [3.8, 4) is 0 Å². The smallest absolute Gasteiger partial charge is 0.158 e. The van der Waals surface area contributed by atoms with Crippen molar-refractivity contribution >= 4 is 5.78 Å². The molecule has 13 heavy (non-hydrogen) atoms. The predicted molar refractivity (Wildman–Crippen MR) is 51.6 cm³/mol. The number of benzene rings is 1. The second-order valence-electron chi connectivity index (χ2n) is 3.18. The van der Waals surface area contributed by atoms with E-state index in [2.05, 4.69) is 0 Å². The van der Waals surface area contributed by atoms with E-state index in [4.69, 9.17) is 5.11 Å². The lowest BCUT2D eigenvalue weighted by Crippen LogP contribution is -2.04. The highest BCUT2D eigenvalue weighted by atomic mass is 16.3. The zero-order chi connectivity index (χ0) is 9.68. The van der Waals surface area contributed by atoms with Crippen LogP contribution in [0.4, 0.5) is 0 Å². The highest BCUT2D eigenvalue weighted by molar-refractivity contribution is 5.79. The number of hydrogen-bond donors (Lipinski definition) is 1. The number of aliphatic hydroxyl groups excluding tert-OH is 1. The van der Waals surface area contributed by atoms with Crippen molar-refractivity contribution in [2.45, 2.75) is 19.8 Å². The van der Waals surface area contributed by atoms with Crippen molar-refractivity contribution in [3.63, 3.8) is 0 Å². The molecule has 1 aromatic carbocycles. The molecular formula is C11H14O2. The minimum Gasteiger partial charge on any atom is -0.389 e. The zero-order valence-electron chi connectivity index (χ0n) is 7.79. The number of Topliss-reactive ketones (excluding diaryl/α,β-unsaturated/α-hetero) is 1. The topological polar surface area (TPSA) is 37.3 Å². The monoisotopic (exact) mass is 178 g/mol. The summed E-state index contributed by atoms with van der Waals surface area (Å²) in [4.78, 5) is 10.8. The third kappa shape index (κ3) is 3.38. The van der Waals surface area contributed by atoms with E-state index in [9.17, 15) is 4.79 Å². The zero-order valence-corrected chi connectivity index (χ0v) is 7.79. The number of ketones is 1. The fourth-order valence-corrected chi connectivity index (χ4v) is 1.12. The van der Waals surface area contributed by atoms with Gasteiger partial charge in [0.25, 0.3) is 0 Å². The van der Waals surface area contributed by atoms with Gasteiger partial charge < -0.3 is 5.11 Å². The number of hydrogen-bond acceptors (Lipinski definition) is 2. The third-order valence-corrected chi connectivity index (χ3v) is 1.99. The molecule has 0 saturated heterocycles. The molecule has 0 fully saturated rings. The summed E-state index contributed by atoms with van der Waals surface area (Å²) in [5.74, 6) is -0.0967. The van der Waals surface area contributed by atoms with Gasteiger partial charge in [-0.15, -0.1) is 0 Å². The molecule has 0 aliphatic heterocycles. The van der Waals surface area contributed by atoms with Crippen molar-refractivity contribution in [2.24, 2.45) is 0 Å². The highest BCUT2D eigenvalue weighted by Gasteiger charge is 1.99. The van der Waals surface area contributed by atoms with Gasteiger partial charge >= 0.3 is 0 Å². The molecule has 1 rings (SSSR count). The fraction of sp³-hybridized carbons (Fsp3) is 0.364. The van der Waals surface area contributed by atoms with Crippen molar-refractivity contribution in [1.29, 1.82) is 0 Å². The van der Waals surface area contributed by atoms with Gasteiger partial charge in [-0.2, -0.15) is 0 Å². The summed E-state index contributed by atoms with van der Waals surface area (Å²) in [6, 6.07) is 8.08. The molecule has 0 unspecified atom stereocenters. The van der Waals surface area contributed by atoms with Gasteiger partial charge in [0.2, 0.25) is 0 Å². The van der Waals surface area contributed by atoms with E-state index < -0.39 is 0 Å². The summed E-state index contributed by atoms with van der Waals surface area (Å²) in [6.07, 6.45) is 1.15. The Morgan fingerprint density at radius 3 is 2.46 bits per heavy atom. The molecule has 2 heteroatoms. The average molecular weight is 178 g/mol. The molecule has 0 atom stereocenters. The van der Waals surface area contributed by atoms with Crippen LogP contribution in [0.5, 0.6) is 0 Å². The first kappa shape index (κ1) is 9.93. The van der Waals surface area contributed by atoms with E-state index in [1.54, 1.807) is 0 Å². The maximum atomic E-state index is 10.8. The molecule has 0 aromatic heterocycles. The van der Waals surface area contributed by atoms with E-state index in [0.29, 0.717) is 6.42 Å². The Morgan fingerprint density at radius 2 is 1.92 bits per heavy atom. The Bertz CT molecular complexity index is 275. The van der Waals surface area contributed by atoms with Gasteiger partial charge in [-0.25, -0.2) is 0 Å². The summed E-state index contributed by atoms with van der Waals surface area (Å²) in [7, 11) is 0. The van der Waals surface area contributed by atoms with Crippen LogP contribution >= 0.6 is 0 Å². The van der Waals surface area contributed by atoms with E-state index in [0.717, 1.165) is 12.0 Å². The Morgan fingerprint density at radius 1 is 1.31 bits per heavy atom. The molecule has 0 bridgehead atoms. The number of rotatable bonds is 4. The van der Waals surface area contributed by atoms with Crippen LogP contribution in [0.25, 0.3) is 0 Å². The number of carbonyl (C=O) groups is 1. The molecule has 0 aliphatic rings.